The van der Waals surface area contributed by atoms with Crippen LogP contribution in [-0.2, 0) is 22.6 Å². The molecule has 0 aliphatic carbocycles. The average molecular weight is 378 g/mol. The summed E-state index contributed by atoms with van der Waals surface area (Å²) in [6.07, 6.45) is 0.497. The van der Waals surface area contributed by atoms with E-state index >= 15 is 0 Å². The number of primary amides is 1. The summed E-state index contributed by atoms with van der Waals surface area (Å²) in [7, 11) is 0. The number of nitrogens with zero attached hydrogens (tertiary/aromatic N) is 1. The molecule has 0 radical (unpaired) electrons. The zero-order valence-electron chi connectivity index (χ0n) is 13.3. The number of amides is 2. The highest BCUT2D eigenvalue weighted by atomic mass is 35.5. The SMILES string of the molecule is NC(=O)[C@@H]1Cc2ccccc2CN1CC(=O)Nc1cccc(Cl)c1Cl. The summed E-state index contributed by atoms with van der Waals surface area (Å²) >= 11 is 12.0. The number of nitrogens with two attached hydrogens (primary N) is 1. The molecule has 3 rings (SSSR count). The van der Waals surface area contributed by atoms with Crippen molar-refractivity contribution in [1.29, 1.82) is 0 Å². The van der Waals surface area contributed by atoms with Gasteiger partial charge in [0.1, 0.15) is 0 Å². The normalized spacial score (nSPS) is 17.0. The van der Waals surface area contributed by atoms with E-state index in [9.17, 15) is 9.59 Å². The van der Waals surface area contributed by atoms with Gasteiger partial charge in [-0.05, 0) is 29.7 Å². The Morgan fingerprint density at radius 1 is 1.12 bits per heavy atom. The Kier molecular flexibility index (Phi) is 5.27. The van der Waals surface area contributed by atoms with E-state index < -0.39 is 11.9 Å². The highest BCUT2D eigenvalue weighted by Crippen LogP contribution is 2.29. The summed E-state index contributed by atoms with van der Waals surface area (Å²) in [5.74, 6) is -0.724. The van der Waals surface area contributed by atoms with Crippen molar-refractivity contribution in [1.82, 2.24) is 4.90 Å². The van der Waals surface area contributed by atoms with Gasteiger partial charge in [0.05, 0.1) is 28.3 Å². The molecule has 1 aliphatic heterocycles. The molecule has 3 N–H and O–H groups in total. The van der Waals surface area contributed by atoms with Crippen LogP contribution in [0, 0.1) is 0 Å². The summed E-state index contributed by atoms with van der Waals surface area (Å²) in [6.45, 7) is 0.519. The lowest BCUT2D eigenvalue weighted by atomic mass is 9.93. The van der Waals surface area contributed by atoms with E-state index in [1.165, 1.54) is 0 Å². The van der Waals surface area contributed by atoms with Gasteiger partial charge in [-0.1, -0.05) is 53.5 Å². The van der Waals surface area contributed by atoms with Gasteiger partial charge in [-0.3, -0.25) is 14.5 Å². The lowest BCUT2D eigenvalue weighted by Crippen LogP contribution is -2.50. The van der Waals surface area contributed by atoms with Gasteiger partial charge in [0, 0.05) is 6.54 Å². The topological polar surface area (TPSA) is 75.4 Å². The van der Waals surface area contributed by atoms with Gasteiger partial charge >= 0.3 is 0 Å². The second-order valence-electron chi connectivity index (χ2n) is 5.95. The van der Waals surface area contributed by atoms with E-state index in [4.69, 9.17) is 28.9 Å². The number of hydrogen-bond acceptors (Lipinski definition) is 3. The molecule has 1 heterocycles. The quantitative estimate of drug-likeness (QED) is 0.859. The van der Waals surface area contributed by atoms with Crippen LogP contribution < -0.4 is 11.1 Å². The van der Waals surface area contributed by atoms with Crippen molar-refractivity contribution < 1.29 is 9.59 Å². The smallest absolute Gasteiger partial charge is 0.238 e. The minimum Gasteiger partial charge on any atom is -0.368 e. The first-order valence-corrected chi connectivity index (χ1v) is 8.55. The van der Waals surface area contributed by atoms with Gasteiger partial charge < -0.3 is 11.1 Å². The number of benzene rings is 2. The lowest BCUT2D eigenvalue weighted by Gasteiger charge is -2.34. The second-order valence-corrected chi connectivity index (χ2v) is 6.73. The maximum absolute atomic E-state index is 12.4. The largest absolute Gasteiger partial charge is 0.368 e. The van der Waals surface area contributed by atoms with E-state index in [1.807, 2.05) is 24.3 Å². The Morgan fingerprint density at radius 2 is 1.84 bits per heavy atom. The minimum atomic E-state index is -0.518. The fourth-order valence-electron chi connectivity index (χ4n) is 3.00. The van der Waals surface area contributed by atoms with Crippen molar-refractivity contribution in [3.05, 3.63) is 63.6 Å². The van der Waals surface area contributed by atoms with Crippen molar-refractivity contribution in [3.8, 4) is 0 Å². The Bertz CT molecular complexity index is 826. The summed E-state index contributed by atoms with van der Waals surface area (Å²) in [6, 6.07) is 12.3. The molecule has 1 aliphatic rings. The van der Waals surface area contributed by atoms with Crippen LogP contribution in [0.3, 0.4) is 0 Å². The summed E-state index contributed by atoms with van der Waals surface area (Å²) in [4.78, 5) is 26.0. The maximum Gasteiger partial charge on any atom is 0.238 e. The number of nitrogens with one attached hydrogen (secondary N) is 1. The molecule has 2 aromatic carbocycles. The molecule has 0 unspecified atom stereocenters. The van der Waals surface area contributed by atoms with Gasteiger partial charge in [0.2, 0.25) is 11.8 Å². The minimum absolute atomic E-state index is 0.0325. The van der Waals surface area contributed by atoms with Crippen LogP contribution in [0.25, 0.3) is 0 Å². The molecule has 130 valence electrons. The van der Waals surface area contributed by atoms with Gasteiger partial charge in [0.15, 0.2) is 0 Å². The number of rotatable bonds is 4. The Hall–Kier alpha value is -2.08. The molecule has 2 amide bonds. The first-order chi connectivity index (χ1) is 12.0. The van der Waals surface area contributed by atoms with Crippen molar-refractivity contribution in [2.24, 2.45) is 5.73 Å². The fourth-order valence-corrected chi connectivity index (χ4v) is 3.35. The third-order valence-electron chi connectivity index (χ3n) is 4.25. The maximum atomic E-state index is 12.4. The van der Waals surface area contributed by atoms with Crippen molar-refractivity contribution in [2.45, 2.75) is 19.0 Å². The first kappa shape index (κ1) is 17.7. The number of halogens is 2. The fraction of sp³-hybridized carbons (Fsp3) is 0.222. The molecule has 7 heteroatoms. The third kappa shape index (κ3) is 3.95. The number of anilines is 1. The van der Waals surface area contributed by atoms with Crippen molar-refractivity contribution in [2.75, 3.05) is 11.9 Å². The van der Waals surface area contributed by atoms with Crippen molar-refractivity contribution >= 4 is 40.7 Å². The van der Waals surface area contributed by atoms with Crippen LogP contribution in [0.2, 0.25) is 10.0 Å². The van der Waals surface area contributed by atoms with E-state index in [0.29, 0.717) is 23.7 Å². The third-order valence-corrected chi connectivity index (χ3v) is 5.07. The molecule has 2 aromatic rings. The molecule has 1 atom stereocenters. The molecule has 25 heavy (non-hydrogen) atoms. The van der Waals surface area contributed by atoms with Crippen LogP contribution in [-0.4, -0.2) is 29.3 Å². The van der Waals surface area contributed by atoms with E-state index in [2.05, 4.69) is 5.32 Å². The number of fused-ring (bicyclic) bond motifs is 1. The summed E-state index contributed by atoms with van der Waals surface area (Å²) in [5.41, 5.74) is 8.15. The number of carbonyl (C=O) groups is 2. The number of carbonyl (C=O) groups excluding carboxylic acids is 2. The predicted molar refractivity (Wildman–Crippen MR) is 98.6 cm³/mol. The van der Waals surface area contributed by atoms with E-state index in [-0.39, 0.29) is 17.5 Å². The summed E-state index contributed by atoms with van der Waals surface area (Å²) < 4.78 is 0. The molecule has 0 fully saturated rings. The number of hydrogen-bond donors (Lipinski definition) is 2. The van der Waals surface area contributed by atoms with E-state index in [1.54, 1.807) is 23.1 Å². The van der Waals surface area contributed by atoms with Gasteiger partial charge in [0.25, 0.3) is 0 Å². The van der Waals surface area contributed by atoms with Gasteiger partial charge in [-0.25, -0.2) is 0 Å². The zero-order valence-corrected chi connectivity index (χ0v) is 14.8. The average Bonchev–Trinajstić information content (AvgIpc) is 2.58. The van der Waals surface area contributed by atoms with Crippen molar-refractivity contribution in [3.63, 3.8) is 0 Å². The summed E-state index contributed by atoms with van der Waals surface area (Å²) in [5, 5.41) is 3.38. The lowest BCUT2D eigenvalue weighted by molar-refractivity contribution is -0.125. The van der Waals surface area contributed by atoms with Gasteiger partial charge in [-0.2, -0.15) is 0 Å². The molecular formula is C18H17Cl2N3O2. The molecule has 0 aromatic heterocycles. The molecule has 5 nitrogen and oxygen atoms in total. The predicted octanol–water partition coefficient (Wildman–Crippen LogP) is 2.84. The molecular weight excluding hydrogens is 361 g/mol. The molecule has 0 saturated carbocycles. The van der Waals surface area contributed by atoms with E-state index in [0.717, 1.165) is 11.1 Å². The van der Waals surface area contributed by atoms with Crippen LogP contribution in [0.4, 0.5) is 5.69 Å². The monoisotopic (exact) mass is 377 g/mol. The van der Waals surface area contributed by atoms with Crippen LogP contribution >= 0.6 is 23.2 Å². The Balaban J connectivity index is 1.75. The molecule has 0 spiro atoms. The van der Waals surface area contributed by atoms with Crippen LogP contribution in [0.1, 0.15) is 11.1 Å². The molecule has 0 bridgehead atoms. The Labute approximate surface area is 155 Å². The molecule has 0 saturated heterocycles. The first-order valence-electron chi connectivity index (χ1n) is 7.79. The standard InChI is InChI=1S/C18H17Cl2N3O2/c19-13-6-3-7-14(17(13)20)22-16(24)10-23-9-12-5-2-1-4-11(12)8-15(23)18(21)25/h1-7,15H,8-10H2,(H2,21,25)(H,22,24)/t15-/m0/s1. The Morgan fingerprint density at radius 3 is 2.56 bits per heavy atom. The second kappa shape index (κ2) is 7.44. The zero-order chi connectivity index (χ0) is 18.0. The van der Waals surface area contributed by atoms with Gasteiger partial charge in [-0.15, -0.1) is 0 Å². The highest BCUT2D eigenvalue weighted by Gasteiger charge is 2.31. The van der Waals surface area contributed by atoms with Crippen LogP contribution in [0.5, 0.6) is 0 Å². The highest BCUT2D eigenvalue weighted by molar-refractivity contribution is 6.44. The van der Waals surface area contributed by atoms with Crippen LogP contribution in [0.15, 0.2) is 42.5 Å².